The van der Waals surface area contributed by atoms with Crippen molar-refractivity contribution in [3.63, 3.8) is 0 Å². The van der Waals surface area contributed by atoms with E-state index in [-0.39, 0.29) is 11.3 Å². The van der Waals surface area contributed by atoms with Gasteiger partial charge in [-0.2, -0.15) is 0 Å². The third-order valence-electron chi connectivity index (χ3n) is 5.08. The number of benzene rings is 1. The van der Waals surface area contributed by atoms with E-state index in [9.17, 15) is 19.1 Å². The van der Waals surface area contributed by atoms with Crippen molar-refractivity contribution in [1.82, 2.24) is 19.8 Å². The van der Waals surface area contributed by atoms with Gasteiger partial charge in [0.05, 0.1) is 22.9 Å². The van der Waals surface area contributed by atoms with E-state index >= 15 is 0 Å². The number of carbonyl (C=O) groups excluding carboxylic acids is 2. The zero-order valence-corrected chi connectivity index (χ0v) is 17.5. The molecule has 1 aliphatic heterocycles. The highest BCUT2D eigenvalue weighted by Crippen LogP contribution is 2.39. The number of aromatic nitrogens is 2. The first-order valence-electron chi connectivity index (χ1n) is 9.70. The lowest BCUT2D eigenvalue weighted by Gasteiger charge is -2.26. The largest absolute Gasteiger partial charge is 0.507 e. The summed E-state index contributed by atoms with van der Waals surface area (Å²) in [5.41, 5.74) is 1.30. The van der Waals surface area contributed by atoms with Crippen LogP contribution in [-0.4, -0.2) is 63.7 Å². The van der Waals surface area contributed by atoms with Gasteiger partial charge in [-0.15, -0.1) is 0 Å². The van der Waals surface area contributed by atoms with Gasteiger partial charge in [-0.1, -0.05) is 12.1 Å². The molecule has 0 spiro atoms. The number of nitrogens with zero attached hydrogens (tertiary/aromatic N) is 4. The number of rotatable bonds is 6. The lowest BCUT2D eigenvalue weighted by molar-refractivity contribution is -0.139. The molecule has 1 fully saturated rings. The number of halogens is 1. The monoisotopic (exact) mass is 412 g/mol. The molecule has 1 amide bonds. The Hall–Kier alpha value is -3.13. The molecule has 8 heteroatoms. The van der Waals surface area contributed by atoms with Gasteiger partial charge in [0.25, 0.3) is 11.7 Å². The molecule has 0 radical (unpaired) electrons. The van der Waals surface area contributed by atoms with Gasteiger partial charge < -0.3 is 14.9 Å². The summed E-state index contributed by atoms with van der Waals surface area (Å²) in [6.45, 7) is 4.47. The van der Waals surface area contributed by atoms with Crippen LogP contribution in [0.4, 0.5) is 4.39 Å². The second-order valence-corrected chi connectivity index (χ2v) is 7.62. The van der Waals surface area contributed by atoms with Crippen molar-refractivity contribution in [1.29, 1.82) is 0 Å². The van der Waals surface area contributed by atoms with E-state index in [4.69, 9.17) is 0 Å². The average molecular weight is 412 g/mol. The normalized spacial score (nSPS) is 18.5. The van der Waals surface area contributed by atoms with Crippen molar-refractivity contribution < 1.29 is 19.1 Å². The first-order valence-corrected chi connectivity index (χ1v) is 9.70. The summed E-state index contributed by atoms with van der Waals surface area (Å²) in [5.74, 6) is -1.67. The molecular weight excluding hydrogens is 387 g/mol. The van der Waals surface area contributed by atoms with Crippen molar-refractivity contribution in [2.45, 2.75) is 26.3 Å². The number of carbonyl (C=O) groups is 2. The second kappa shape index (κ2) is 8.71. The third kappa shape index (κ3) is 4.23. The zero-order valence-electron chi connectivity index (χ0n) is 17.5. The first kappa shape index (κ1) is 21.6. The van der Waals surface area contributed by atoms with Crippen molar-refractivity contribution >= 4 is 17.4 Å². The van der Waals surface area contributed by atoms with Crippen LogP contribution in [0.5, 0.6) is 0 Å². The molecular formula is C22H25FN4O3. The number of amides is 1. The Balaban J connectivity index is 2.12. The fraction of sp³-hybridized carbons (Fsp3) is 0.364. The van der Waals surface area contributed by atoms with Gasteiger partial charge in [0.15, 0.2) is 0 Å². The van der Waals surface area contributed by atoms with E-state index in [1.54, 1.807) is 13.8 Å². The van der Waals surface area contributed by atoms with Crippen molar-refractivity contribution in [3.8, 4) is 0 Å². The number of hydrogen-bond donors (Lipinski definition) is 1. The SMILES string of the molecule is Cc1ncc(/C(O)=C2\C(=O)C(=O)N(CCCN(C)C)[C@@H]2c2ccc(F)cc2)c(C)n1. The Morgan fingerprint density at radius 2 is 1.87 bits per heavy atom. The summed E-state index contributed by atoms with van der Waals surface area (Å²) >= 11 is 0. The molecule has 30 heavy (non-hydrogen) atoms. The fourth-order valence-electron chi connectivity index (χ4n) is 3.62. The third-order valence-corrected chi connectivity index (χ3v) is 5.08. The number of Topliss-reactive ketones (excluding diaryl/α,β-unsaturated/α-hetero) is 1. The molecule has 1 atom stereocenters. The van der Waals surface area contributed by atoms with Gasteiger partial charge in [-0.25, -0.2) is 14.4 Å². The number of ketones is 1. The van der Waals surface area contributed by atoms with Crippen LogP contribution in [0, 0.1) is 19.7 Å². The molecule has 1 aromatic carbocycles. The van der Waals surface area contributed by atoms with Crippen LogP contribution in [0.15, 0.2) is 36.0 Å². The molecule has 1 N–H and O–H groups in total. The summed E-state index contributed by atoms with van der Waals surface area (Å²) in [5, 5.41) is 11.0. The number of aryl methyl sites for hydroxylation is 2. The lowest BCUT2D eigenvalue weighted by Crippen LogP contribution is -2.32. The van der Waals surface area contributed by atoms with Crippen LogP contribution in [0.1, 0.15) is 35.1 Å². The minimum absolute atomic E-state index is 0.0352. The van der Waals surface area contributed by atoms with Crippen LogP contribution in [0.3, 0.4) is 0 Å². The minimum Gasteiger partial charge on any atom is -0.507 e. The Labute approximate surface area is 174 Å². The molecule has 0 bridgehead atoms. The fourth-order valence-corrected chi connectivity index (χ4v) is 3.62. The Bertz CT molecular complexity index is 1000. The summed E-state index contributed by atoms with van der Waals surface area (Å²) in [4.78, 5) is 37.5. The number of aliphatic hydroxyl groups is 1. The van der Waals surface area contributed by atoms with Gasteiger partial charge in [0.2, 0.25) is 0 Å². The summed E-state index contributed by atoms with van der Waals surface area (Å²) < 4.78 is 13.5. The topological polar surface area (TPSA) is 86.6 Å². The second-order valence-electron chi connectivity index (χ2n) is 7.62. The predicted octanol–water partition coefficient (Wildman–Crippen LogP) is 2.61. The maximum atomic E-state index is 13.5. The number of likely N-dealkylation sites (tertiary alicyclic amines) is 1. The molecule has 7 nitrogen and oxygen atoms in total. The molecule has 0 unspecified atom stereocenters. The summed E-state index contributed by atoms with van der Waals surface area (Å²) in [6.07, 6.45) is 2.08. The molecule has 2 heterocycles. The Morgan fingerprint density at radius 1 is 1.20 bits per heavy atom. The Kier molecular flexibility index (Phi) is 6.26. The molecule has 0 saturated carbocycles. The quantitative estimate of drug-likeness (QED) is 0.446. The van der Waals surface area contributed by atoms with E-state index in [1.165, 1.54) is 35.4 Å². The molecule has 3 rings (SSSR count). The highest BCUT2D eigenvalue weighted by Gasteiger charge is 2.46. The van der Waals surface area contributed by atoms with E-state index in [0.29, 0.717) is 35.6 Å². The molecule has 2 aromatic rings. The number of aliphatic hydroxyl groups excluding tert-OH is 1. The average Bonchev–Trinajstić information content (AvgIpc) is 2.93. The molecule has 1 saturated heterocycles. The van der Waals surface area contributed by atoms with Crippen LogP contribution < -0.4 is 0 Å². The van der Waals surface area contributed by atoms with Crippen molar-refractivity contribution in [2.75, 3.05) is 27.2 Å². The molecule has 0 aliphatic carbocycles. The van der Waals surface area contributed by atoms with Crippen LogP contribution in [-0.2, 0) is 9.59 Å². The van der Waals surface area contributed by atoms with E-state index < -0.39 is 23.5 Å². The maximum absolute atomic E-state index is 13.5. The van der Waals surface area contributed by atoms with Crippen molar-refractivity contribution in [3.05, 3.63) is 64.5 Å². The predicted molar refractivity (Wildman–Crippen MR) is 110 cm³/mol. The van der Waals surface area contributed by atoms with Gasteiger partial charge >= 0.3 is 0 Å². The van der Waals surface area contributed by atoms with Crippen LogP contribution in [0.25, 0.3) is 5.76 Å². The summed E-state index contributed by atoms with van der Waals surface area (Å²) in [7, 11) is 3.84. The van der Waals surface area contributed by atoms with Gasteiger partial charge in [0, 0.05) is 12.7 Å². The Morgan fingerprint density at radius 3 is 2.47 bits per heavy atom. The van der Waals surface area contributed by atoms with E-state index in [0.717, 1.165) is 6.54 Å². The first-order chi connectivity index (χ1) is 14.2. The van der Waals surface area contributed by atoms with Gasteiger partial charge in [-0.3, -0.25) is 9.59 Å². The summed E-state index contributed by atoms with van der Waals surface area (Å²) in [6, 6.07) is 4.78. The highest BCUT2D eigenvalue weighted by molar-refractivity contribution is 6.46. The molecule has 1 aliphatic rings. The van der Waals surface area contributed by atoms with E-state index in [2.05, 4.69) is 9.97 Å². The van der Waals surface area contributed by atoms with Gasteiger partial charge in [0.1, 0.15) is 17.4 Å². The number of hydrogen-bond acceptors (Lipinski definition) is 6. The van der Waals surface area contributed by atoms with Crippen LogP contribution >= 0.6 is 0 Å². The zero-order chi connectivity index (χ0) is 22.0. The van der Waals surface area contributed by atoms with Crippen molar-refractivity contribution in [2.24, 2.45) is 0 Å². The van der Waals surface area contributed by atoms with Crippen LogP contribution in [0.2, 0.25) is 0 Å². The lowest BCUT2D eigenvalue weighted by atomic mass is 9.95. The molecule has 1 aromatic heterocycles. The maximum Gasteiger partial charge on any atom is 0.295 e. The van der Waals surface area contributed by atoms with E-state index in [1.807, 2.05) is 19.0 Å². The smallest absolute Gasteiger partial charge is 0.295 e. The standard InChI is InChI=1S/C22H25FN4O3/c1-13-17(12-24-14(2)25-13)20(28)18-19(15-6-8-16(23)9-7-15)27(22(30)21(18)29)11-5-10-26(3)4/h6-9,12,19,28H,5,10-11H2,1-4H3/b20-18+/t19-/m1/s1. The molecule has 158 valence electrons. The minimum atomic E-state index is -0.812. The highest BCUT2D eigenvalue weighted by atomic mass is 19.1. The van der Waals surface area contributed by atoms with Gasteiger partial charge in [-0.05, 0) is 58.6 Å².